The minimum atomic E-state index is 0.903. The van der Waals surface area contributed by atoms with Crippen molar-refractivity contribution in [3.63, 3.8) is 0 Å². The second-order valence-electron chi connectivity index (χ2n) is 4.58. The number of hydrogen-bond acceptors (Lipinski definition) is 4. The van der Waals surface area contributed by atoms with Crippen molar-refractivity contribution >= 4 is 11.8 Å². The van der Waals surface area contributed by atoms with E-state index in [4.69, 9.17) is 0 Å². The van der Waals surface area contributed by atoms with Gasteiger partial charge < -0.3 is 5.32 Å². The lowest BCUT2D eigenvalue weighted by Crippen LogP contribution is -2.17. The maximum absolute atomic E-state index is 4.59. The molecule has 0 aromatic carbocycles. The molecule has 0 fully saturated rings. The maximum Gasteiger partial charge on any atom is 0.138 e. The minimum absolute atomic E-state index is 0.903. The first-order valence-corrected chi connectivity index (χ1v) is 8.11. The van der Waals surface area contributed by atoms with Gasteiger partial charge in [0.2, 0.25) is 0 Å². The van der Waals surface area contributed by atoms with Crippen molar-refractivity contribution in [1.82, 2.24) is 15.3 Å². The quantitative estimate of drug-likeness (QED) is 0.735. The highest BCUT2D eigenvalue weighted by Gasteiger charge is 2.07. The summed E-state index contributed by atoms with van der Waals surface area (Å²) in [5, 5.41) is 3.43. The van der Waals surface area contributed by atoms with Crippen LogP contribution in [0.2, 0.25) is 0 Å². The van der Waals surface area contributed by atoms with Gasteiger partial charge in [0.15, 0.2) is 0 Å². The maximum atomic E-state index is 4.59. The standard InChI is InChI=1S/C14H25N3S/c1-5-8-15-9-6-7-13-11(2)16-14(10-18-4)17-12(13)3/h15H,5-10H2,1-4H3. The van der Waals surface area contributed by atoms with Crippen LogP contribution in [0.5, 0.6) is 0 Å². The first-order chi connectivity index (χ1) is 8.69. The Morgan fingerprint density at radius 2 is 1.78 bits per heavy atom. The predicted octanol–water partition coefficient (Wildman–Crippen LogP) is 2.89. The third kappa shape index (κ3) is 4.94. The molecule has 1 aromatic heterocycles. The molecule has 0 saturated heterocycles. The summed E-state index contributed by atoms with van der Waals surface area (Å²) >= 11 is 1.77. The molecule has 0 amide bonds. The van der Waals surface area contributed by atoms with Gasteiger partial charge in [-0.2, -0.15) is 11.8 Å². The van der Waals surface area contributed by atoms with E-state index < -0.39 is 0 Å². The highest BCUT2D eigenvalue weighted by Crippen LogP contribution is 2.14. The average Bonchev–Trinajstić information content (AvgIpc) is 2.32. The molecule has 102 valence electrons. The Bertz CT molecular complexity index is 343. The predicted molar refractivity (Wildman–Crippen MR) is 80.2 cm³/mol. The van der Waals surface area contributed by atoms with Crippen molar-refractivity contribution in [2.45, 2.75) is 45.8 Å². The summed E-state index contributed by atoms with van der Waals surface area (Å²) in [6.45, 7) is 8.60. The summed E-state index contributed by atoms with van der Waals surface area (Å²) in [6.07, 6.45) is 5.52. The van der Waals surface area contributed by atoms with Gasteiger partial charge in [-0.05, 0) is 58.0 Å². The lowest BCUT2D eigenvalue weighted by molar-refractivity contribution is 0.636. The fourth-order valence-corrected chi connectivity index (χ4v) is 2.44. The number of aromatic nitrogens is 2. The summed E-state index contributed by atoms with van der Waals surface area (Å²) in [5.41, 5.74) is 3.64. The SMILES string of the molecule is CCCNCCCc1c(C)nc(CSC)nc1C. The number of rotatable bonds is 8. The zero-order valence-corrected chi connectivity index (χ0v) is 12.9. The van der Waals surface area contributed by atoms with Crippen LogP contribution in [0.1, 0.15) is 42.5 Å². The summed E-state index contributed by atoms with van der Waals surface area (Å²) in [5.74, 6) is 1.87. The fourth-order valence-electron chi connectivity index (χ4n) is 2.06. The summed E-state index contributed by atoms with van der Waals surface area (Å²) in [6, 6.07) is 0. The molecule has 0 spiro atoms. The zero-order valence-electron chi connectivity index (χ0n) is 12.0. The van der Waals surface area contributed by atoms with Gasteiger partial charge in [-0.1, -0.05) is 6.92 Å². The van der Waals surface area contributed by atoms with Crippen LogP contribution in [0.4, 0.5) is 0 Å². The van der Waals surface area contributed by atoms with E-state index in [1.807, 2.05) is 0 Å². The van der Waals surface area contributed by atoms with Crippen molar-refractivity contribution in [3.05, 3.63) is 22.8 Å². The van der Waals surface area contributed by atoms with E-state index in [1.54, 1.807) is 11.8 Å². The number of aryl methyl sites for hydroxylation is 2. The molecule has 1 aromatic rings. The minimum Gasteiger partial charge on any atom is -0.317 e. The van der Waals surface area contributed by atoms with Gasteiger partial charge >= 0.3 is 0 Å². The molecule has 1 N–H and O–H groups in total. The average molecular weight is 267 g/mol. The van der Waals surface area contributed by atoms with Crippen LogP contribution in [0.25, 0.3) is 0 Å². The van der Waals surface area contributed by atoms with Gasteiger partial charge in [-0.3, -0.25) is 0 Å². The van der Waals surface area contributed by atoms with E-state index in [0.29, 0.717) is 0 Å². The van der Waals surface area contributed by atoms with E-state index in [1.165, 1.54) is 12.0 Å². The molecular weight excluding hydrogens is 242 g/mol. The molecule has 1 rings (SSSR count). The molecule has 0 bridgehead atoms. The van der Waals surface area contributed by atoms with Gasteiger partial charge in [0.25, 0.3) is 0 Å². The Kier molecular flexibility index (Phi) is 7.28. The van der Waals surface area contributed by atoms with Gasteiger partial charge in [-0.25, -0.2) is 9.97 Å². The van der Waals surface area contributed by atoms with Gasteiger partial charge in [0, 0.05) is 11.4 Å². The number of nitrogens with zero attached hydrogens (tertiary/aromatic N) is 2. The fraction of sp³-hybridized carbons (Fsp3) is 0.714. The van der Waals surface area contributed by atoms with Crippen LogP contribution in [0.3, 0.4) is 0 Å². The highest BCUT2D eigenvalue weighted by molar-refractivity contribution is 7.97. The van der Waals surface area contributed by atoms with E-state index in [9.17, 15) is 0 Å². The van der Waals surface area contributed by atoms with Gasteiger partial charge in [0.05, 0.1) is 5.75 Å². The van der Waals surface area contributed by atoms with Crippen LogP contribution in [0.15, 0.2) is 0 Å². The molecule has 0 radical (unpaired) electrons. The summed E-state index contributed by atoms with van der Waals surface area (Å²) in [4.78, 5) is 9.17. The molecule has 0 aliphatic heterocycles. The van der Waals surface area contributed by atoms with Crippen LogP contribution in [0, 0.1) is 13.8 Å². The van der Waals surface area contributed by atoms with Crippen LogP contribution < -0.4 is 5.32 Å². The topological polar surface area (TPSA) is 37.8 Å². The van der Waals surface area contributed by atoms with Crippen molar-refractivity contribution in [1.29, 1.82) is 0 Å². The van der Waals surface area contributed by atoms with Crippen LogP contribution >= 0.6 is 11.8 Å². The molecule has 3 nitrogen and oxygen atoms in total. The number of nitrogens with one attached hydrogen (secondary N) is 1. The lowest BCUT2D eigenvalue weighted by Gasteiger charge is -2.10. The molecule has 0 unspecified atom stereocenters. The molecule has 4 heteroatoms. The van der Waals surface area contributed by atoms with E-state index in [0.717, 1.165) is 48.9 Å². The highest BCUT2D eigenvalue weighted by atomic mass is 32.2. The molecule has 0 saturated carbocycles. The van der Waals surface area contributed by atoms with Crippen LogP contribution in [-0.2, 0) is 12.2 Å². The first kappa shape index (κ1) is 15.4. The molecule has 0 aliphatic carbocycles. The Balaban J connectivity index is 2.54. The second-order valence-corrected chi connectivity index (χ2v) is 5.44. The van der Waals surface area contributed by atoms with Crippen molar-refractivity contribution in [2.75, 3.05) is 19.3 Å². The second kappa shape index (κ2) is 8.48. The third-order valence-electron chi connectivity index (χ3n) is 2.95. The number of hydrogen-bond donors (Lipinski definition) is 1. The lowest BCUT2D eigenvalue weighted by atomic mass is 10.1. The molecule has 18 heavy (non-hydrogen) atoms. The molecular formula is C14H25N3S. The van der Waals surface area contributed by atoms with Crippen molar-refractivity contribution < 1.29 is 0 Å². The largest absolute Gasteiger partial charge is 0.317 e. The van der Waals surface area contributed by atoms with Crippen molar-refractivity contribution in [3.8, 4) is 0 Å². The number of thioether (sulfide) groups is 1. The zero-order chi connectivity index (χ0) is 13.4. The van der Waals surface area contributed by atoms with E-state index >= 15 is 0 Å². The smallest absolute Gasteiger partial charge is 0.138 e. The molecule has 0 aliphatic rings. The van der Waals surface area contributed by atoms with Gasteiger partial charge in [-0.15, -0.1) is 0 Å². The Labute approximate surface area is 115 Å². The summed E-state index contributed by atoms with van der Waals surface area (Å²) in [7, 11) is 0. The molecule has 0 atom stereocenters. The normalized spacial score (nSPS) is 10.9. The first-order valence-electron chi connectivity index (χ1n) is 6.71. The Hall–Kier alpha value is -0.610. The van der Waals surface area contributed by atoms with Gasteiger partial charge in [0.1, 0.15) is 5.82 Å². The van der Waals surface area contributed by atoms with Crippen LogP contribution in [-0.4, -0.2) is 29.3 Å². The Morgan fingerprint density at radius 3 is 2.33 bits per heavy atom. The van der Waals surface area contributed by atoms with E-state index in [2.05, 4.69) is 42.3 Å². The summed E-state index contributed by atoms with van der Waals surface area (Å²) < 4.78 is 0. The van der Waals surface area contributed by atoms with E-state index in [-0.39, 0.29) is 0 Å². The molecule has 1 heterocycles. The van der Waals surface area contributed by atoms with Crippen molar-refractivity contribution in [2.24, 2.45) is 0 Å². The monoisotopic (exact) mass is 267 g/mol. The third-order valence-corrected chi connectivity index (χ3v) is 3.49. The Morgan fingerprint density at radius 1 is 1.11 bits per heavy atom.